The molecule has 1 heterocycles. The van der Waals surface area contributed by atoms with Crippen molar-refractivity contribution in [3.8, 4) is 0 Å². The van der Waals surface area contributed by atoms with E-state index in [0.717, 1.165) is 21.1 Å². The molecule has 21 heavy (non-hydrogen) atoms. The van der Waals surface area contributed by atoms with Crippen molar-refractivity contribution in [2.45, 2.75) is 13.0 Å². The van der Waals surface area contributed by atoms with E-state index in [9.17, 15) is 4.79 Å². The first-order chi connectivity index (χ1) is 9.97. The summed E-state index contributed by atoms with van der Waals surface area (Å²) in [5.41, 5.74) is 1.62. The van der Waals surface area contributed by atoms with E-state index in [0.29, 0.717) is 18.7 Å². The van der Waals surface area contributed by atoms with Crippen LogP contribution in [0.25, 0.3) is 0 Å². The quantitative estimate of drug-likeness (QED) is 0.680. The molecule has 0 fully saturated rings. The van der Waals surface area contributed by atoms with Crippen molar-refractivity contribution in [3.63, 3.8) is 0 Å². The predicted octanol–water partition coefficient (Wildman–Crippen LogP) is 3.40. The van der Waals surface area contributed by atoms with Crippen molar-refractivity contribution in [3.05, 3.63) is 50.7 Å². The molecule has 0 saturated carbocycles. The van der Waals surface area contributed by atoms with E-state index in [1.807, 2.05) is 38.4 Å². The summed E-state index contributed by atoms with van der Waals surface area (Å²) >= 11 is 6.85. The molecule has 0 amide bonds. The zero-order valence-electron chi connectivity index (χ0n) is 12.0. The molecule has 0 spiro atoms. The van der Waals surface area contributed by atoms with Gasteiger partial charge >= 0.3 is 0 Å². The number of halogens is 2. The molecule has 0 aliphatic heterocycles. The van der Waals surface area contributed by atoms with Crippen molar-refractivity contribution < 1.29 is 4.79 Å². The number of aromatic nitrogens is 2. The molecule has 0 aliphatic rings. The zero-order chi connectivity index (χ0) is 15.4. The smallest absolute Gasteiger partial charge is 0.186 e. The number of hydrogen-bond acceptors (Lipinski definition) is 3. The number of carbonyl (C=O) groups excluding carboxylic acids is 1. The van der Waals surface area contributed by atoms with Gasteiger partial charge in [0.05, 0.1) is 17.2 Å². The highest BCUT2D eigenvalue weighted by Gasteiger charge is 2.17. The third kappa shape index (κ3) is 4.49. The van der Waals surface area contributed by atoms with Crippen LogP contribution in [0.2, 0.25) is 0 Å². The number of carbonyl (C=O) groups is 1. The van der Waals surface area contributed by atoms with Gasteiger partial charge in [-0.3, -0.25) is 9.48 Å². The van der Waals surface area contributed by atoms with Crippen molar-refractivity contribution in [1.82, 2.24) is 14.7 Å². The van der Waals surface area contributed by atoms with Crippen LogP contribution in [0.3, 0.4) is 0 Å². The fourth-order valence-electron chi connectivity index (χ4n) is 2.02. The lowest BCUT2D eigenvalue weighted by Crippen LogP contribution is -2.22. The van der Waals surface area contributed by atoms with E-state index in [1.54, 1.807) is 10.9 Å². The Labute approximate surface area is 141 Å². The topological polar surface area (TPSA) is 38.1 Å². The van der Waals surface area contributed by atoms with E-state index >= 15 is 0 Å². The Hall–Kier alpha value is -0.980. The zero-order valence-corrected chi connectivity index (χ0v) is 15.2. The minimum absolute atomic E-state index is 0.0660. The molecule has 0 atom stereocenters. The first-order valence-corrected chi connectivity index (χ1v) is 8.19. The third-order valence-corrected chi connectivity index (χ3v) is 4.15. The molecule has 0 radical (unpaired) electrons. The van der Waals surface area contributed by atoms with Gasteiger partial charge in [-0.2, -0.15) is 5.10 Å². The van der Waals surface area contributed by atoms with Crippen LogP contribution in [0.4, 0.5) is 0 Å². The molecule has 2 rings (SSSR count). The molecule has 6 heteroatoms. The number of rotatable bonds is 6. The Balaban J connectivity index is 2.17. The van der Waals surface area contributed by atoms with Gasteiger partial charge in [0.15, 0.2) is 5.78 Å². The number of benzene rings is 1. The van der Waals surface area contributed by atoms with Gasteiger partial charge in [-0.1, -0.05) is 28.1 Å². The van der Waals surface area contributed by atoms with Crippen LogP contribution in [-0.4, -0.2) is 41.1 Å². The second-order valence-electron chi connectivity index (χ2n) is 5.10. The highest BCUT2D eigenvalue weighted by atomic mass is 79.9. The van der Waals surface area contributed by atoms with Gasteiger partial charge in [-0.25, -0.2) is 0 Å². The predicted molar refractivity (Wildman–Crippen MR) is 90.7 cm³/mol. The molecule has 0 saturated heterocycles. The summed E-state index contributed by atoms with van der Waals surface area (Å²) in [7, 11) is 4.00. The number of hydrogen-bond donors (Lipinski definition) is 0. The van der Waals surface area contributed by atoms with E-state index in [1.165, 1.54) is 0 Å². The van der Waals surface area contributed by atoms with Crippen molar-refractivity contribution >= 4 is 37.6 Å². The average Bonchev–Trinajstić information content (AvgIpc) is 2.77. The van der Waals surface area contributed by atoms with Gasteiger partial charge in [0, 0.05) is 17.4 Å². The van der Waals surface area contributed by atoms with Crippen LogP contribution in [-0.2, 0) is 13.0 Å². The van der Waals surface area contributed by atoms with Gasteiger partial charge in [-0.05, 0) is 47.7 Å². The second-order valence-corrected chi connectivity index (χ2v) is 6.87. The minimum Gasteiger partial charge on any atom is -0.308 e. The van der Waals surface area contributed by atoms with Crippen molar-refractivity contribution in [2.24, 2.45) is 0 Å². The van der Waals surface area contributed by atoms with Gasteiger partial charge in [0.25, 0.3) is 0 Å². The maximum atomic E-state index is 12.6. The minimum atomic E-state index is 0.0660. The van der Waals surface area contributed by atoms with E-state index < -0.39 is 0 Å². The van der Waals surface area contributed by atoms with Gasteiger partial charge < -0.3 is 4.90 Å². The number of Topliss-reactive ketones (excluding diaryl/α,β-unsaturated/α-hetero) is 1. The first kappa shape index (κ1) is 16.4. The molecule has 0 N–H and O–H groups in total. The van der Waals surface area contributed by atoms with E-state index in [-0.39, 0.29) is 5.78 Å². The summed E-state index contributed by atoms with van der Waals surface area (Å²) in [6, 6.07) is 7.81. The summed E-state index contributed by atoms with van der Waals surface area (Å²) in [6.07, 6.45) is 2.05. The lowest BCUT2D eigenvalue weighted by atomic mass is 10.1. The molecular formula is C15H17Br2N3O. The summed E-state index contributed by atoms with van der Waals surface area (Å²) in [5, 5.41) is 4.28. The maximum Gasteiger partial charge on any atom is 0.186 e. The van der Waals surface area contributed by atoms with Crippen LogP contribution < -0.4 is 0 Å². The van der Waals surface area contributed by atoms with Gasteiger partial charge in [-0.15, -0.1) is 0 Å². The van der Waals surface area contributed by atoms with Gasteiger partial charge in [0.1, 0.15) is 5.69 Å². The molecule has 0 unspecified atom stereocenters. The van der Waals surface area contributed by atoms with Crippen molar-refractivity contribution in [2.75, 3.05) is 20.6 Å². The first-order valence-electron chi connectivity index (χ1n) is 6.61. The van der Waals surface area contributed by atoms with E-state index in [2.05, 4.69) is 41.9 Å². The maximum absolute atomic E-state index is 12.6. The number of ketones is 1. The summed E-state index contributed by atoms with van der Waals surface area (Å²) in [4.78, 5) is 14.6. The Kier molecular flexibility index (Phi) is 5.72. The molecule has 0 bridgehead atoms. The molecule has 1 aromatic carbocycles. The lowest BCUT2D eigenvalue weighted by molar-refractivity contribution is 0.0981. The van der Waals surface area contributed by atoms with E-state index in [4.69, 9.17) is 0 Å². The Morgan fingerprint density at radius 3 is 2.76 bits per heavy atom. The fraction of sp³-hybridized carbons (Fsp3) is 0.333. The normalized spacial score (nSPS) is 11.1. The SMILES string of the molecule is CN(C)CCn1ncc(Br)c1C(=O)Cc1cccc(Br)c1. The van der Waals surface area contributed by atoms with Gasteiger partial charge in [0.2, 0.25) is 0 Å². The van der Waals surface area contributed by atoms with Crippen LogP contribution >= 0.6 is 31.9 Å². The monoisotopic (exact) mass is 413 g/mol. The highest BCUT2D eigenvalue weighted by Crippen LogP contribution is 2.20. The van der Waals surface area contributed by atoms with Crippen LogP contribution in [0.5, 0.6) is 0 Å². The number of nitrogens with zero attached hydrogens (tertiary/aromatic N) is 3. The second kappa shape index (κ2) is 7.33. The van der Waals surface area contributed by atoms with Crippen molar-refractivity contribution in [1.29, 1.82) is 0 Å². The highest BCUT2D eigenvalue weighted by molar-refractivity contribution is 9.10. The Bertz CT molecular complexity index is 638. The molecule has 2 aromatic rings. The number of likely N-dealkylation sites (N-methyl/N-ethyl adjacent to an activating group) is 1. The summed E-state index contributed by atoms with van der Waals surface area (Å²) in [6.45, 7) is 1.53. The van der Waals surface area contributed by atoms with Crippen LogP contribution in [0.1, 0.15) is 16.1 Å². The fourth-order valence-corrected chi connectivity index (χ4v) is 2.98. The Morgan fingerprint density at radius 1 is 1.33 bits per heavy atom. The van der Waals surface area contributed by atoms with Crippen LogP contribution in [0.15, 0.2) is 39.4 Å². The molecule has 0 aliphatic carbocycles. The summed E-state index contributed by atoms with van der Waals surface area (Å²) in [5.74, 6) is 0.0660. The summed E-state index contributed by atoms with van der Waals surface area (Å²) < 4.78 is 3.50. The molecule has 4 nitrogen and oxygen atoms in total. The largest absolute Gasteiger partial charge is 0.308 e. The molecule has 112 valence electrons. The van der Waals surface area contributed by atoms with Crippen LogP contribution in [0, 0.1) is 0 Å². The molecule has 1 aromatic heterocycles. The standard InChI is InChI=1S/C15H17Br2N3O/c1-19(2)6-7-20-15(13(17)10-18-20)14(21)9-11-4-3-5-12(16)8-11/h3-5,8,10H,6-7,9H2,1-2H3. The Morgan fingerprint density at radius 2 is 2.10 bits per heavy atom. The third-order valence-electron chi connectivity index (χ3n) is 3.07. The molecular weight excluding hydrogens is 398 g/mol. The average molecular weight is 415 g/mol. The lowest BCUT2D eigenvalue weighted by Gasteiger charge is -2.12.